The monoisotopic (exact) mass is 253 g/mol. The summed E-state index contributed by atoms with van der Waals surface area (Å²) in [4.78, 5) is 0. The zero-order valence-corrected chi connectivity index (χ0v) is 12.1. The van der Waals surface area contributed by atoms with Gasteiger partial charge < -0.3 is 5.73 Å². The van der Waals surface area contributed by atoms with Gasteiger partial charge in [0.1, 0.15) is 0 Å². The van der Waals surface area contributed by atoms with Crippen LogP contribution in [0.15, 0.2) is 42.5 Å². The van der Waals surface area contributed by atoms with Crippen molar-refractivity contribution in [1.82, 2.24) is 0 Å². The van der Waals surface area contributed by atoms with Gasteiger partial charge in [-0.05, 0) is 50.3 Å². The van der Waals surface area contributed by atoms with Gasteiger partial charge in [-0.3, -0.25) is 0 Å². The summed E-state index contributed by atoms with van der Waals surface area (Å²) in [5.41, 5.74) is 12.9. The lowest BCUT2D eigenvalue weighted by Crippen LogP contribution is -2.13. The molecule has 2 aromatic rings. The summed E-state index contributed by atoms with van der Waals surface area (Å²) < 4.78 is 0. The van der Waals surface area contributed by atoms with Crippen LogP contribution in [0.25, 0.3) is 0 Å². The van der Waals surface area contributed by atoms with E-state index in [9.17, 15) is 0 Å². The van der Waals surface area contributed by atoms with Gasteiger partial charge in [0.2, 0.25) is 0 Å². The molecule has 0 heterocycles. The van der Waals surface area contributed by atoms with Crippen LogP contribution in [0.1, 0.15) is 40.3 Å². The van der Waals surface area contributed by atoms with Crippen LogP contribution in [0.4, 0.5) is 0 Å². The lowest BCUT2D eigenvalue weighted by Gasteiger charge is -2.15. The largest absolute Gasteiger partial charge is 0.324 e. The molecule has 0 fully saturated rings. The molecule has 0 amide bonds. The van der Waals surface area contributed by atoms with Crippen LogP contribution in [-0.2, 0) is 6.42 Å². The first-order valence-electron chi connectivity index (χ1n) is 6.94. The van der Waals surface area contributed by atoms with Gasteiger partial charge in [0.25, 0.3) is 0 Å². The molecular weight excluding hydrogens is 230 g/mol. The molecule has 2 rings (SSSR count). The van der Waals surface area contributed by atoms with E-state index in [0.717, 1.165) is 12.8 Å². The second-order valence-electron chi connectivity index (χ2n) is 5.49. The van der Waals surface area contributed by atoms with Crippen LogP contribution in [-0.4, -0.2) is 0 Å². The number of benzene rings is 2. The third-order valence-corrected chi connectivity index (χ3v) is 3.65. The third kappa shape index (κ3) is 3.68. The first-order valence-corrected chi connectivity index (χ1v) is 6.94. The van der Waals surface area contributed by atoms with Gasteiger partial charge in [0.15, 0.2) is 0 Å². The minimum Gasteiger partial charge on any atom is -0.324 e. The predicted octanol–water partition coefficient (Wildman–Crippen LogP) is 4.24. The average Bonchev–Trinajstić information content (AvgIpc) is 2.36. The van der Waals surface area contributed by atoms with Gasteiger partial charge in [-0.2, -0.15) is 0 Å². The molecule has 100 valence electrons. The molecular formula is C18H23N. The highest BCUT2D eigenvalue weighted by Crippen LogP contribution is 2.21. The molecule has 2 N–H and O–H groups in total. The second-order valence-corrected chi connectivity index (χ2v) is 5.49. The summed E-state index contributed by atoms with van der Waals surface area (Å²) in [7, 11) is 0. The van der Waals surface area contributed by atoms with Crippen LogP contribution in [0, 0.1) is 20.8 Å². The van der Waals surface area contributed by atoms with Gasteiger partial charge in [0.05, 0.1) is 0 Å². The standard InChI is InChI=1S/C18H23N/c1-13-5-4-6-16(12-13)8-10-18(19)17-9-7-14(2)11-15(17)3/h4-7,9,11-12,18H,8,10,19H2,1-3H3. The fourth-order valence-corrected chi connectivity index (χ4v) is 2.59. The van der Waals surface area contributed by atoms with Crippen LogP contribution in [0.3, 0.4) is 0 Å². The first-order chi connectivity index (χ1) is 9.06. The van der Waals surface area contributed by atoms with Crippen molar-refractivity contribution in [3.63, 3.8) is 0 Å². The molecule has 0 aliphatic rings. The summed E-state index contributed by atoms with van der Waals surface area (Å²) in [6.45, 7) is 6.40. The minimum atomic E-state index is 0.126. The summed E-state index contributed by atoms with van der Waals surface area (Å²) >= 11 is 0. The molecule has 19 heavy (non-hydrogen) atoms. The maximum absolute atomic E-state index is 6.33. The maximum Gasteiger partial charge on any atom is 0.0300 e. The molecule has 1 nitrogen and oxygen atoms in total. The zero-order chi connectivity index (χ0) is 13.8. The van der Waals surface area contributed by atoms with Crippen molar-refractivity contribution >= 4 is 0 Å². The number of hydrogen-bond acceptors (Lipinski definition) is 1. The summed E-state index contributed by atoms with van der Waals surface area (Å²) in [6, 6.07) is 15.3. The SMILES string of the molecule is Cc1cccc(CCC(N)c2ccc(C)cc2C)c1. The predicted molar refractivity (Wildman–Crippen MR) is 82.3 cm³/mol. The highest BCUT2D eigenvalue weighted by molar-refractivity contribution is 5.33. The summed E-state index contributed by atoms with van der Waals surface area (Å²) in [5.74, 6) is 0. The summed E-state index contributed by atoms with van der Waals surface area (Å²) in [5, 5.41) is 0. The fourth-order valence-electron chi connectivity index (χ4n) is 2.59. The number of hydrogen-bond donors (Lipinski definition) is 1. The minimum absolute atomic E-state index is 0.126. The lowest BCUT2D eigenvalue weighted by molar-refractivity contribution is 0.647. The Bertz CT molecular complexity index is 557. The Balaban J connectivity index is 2.03. The molecule has 0 spiro atoms. The van der Waals surface area contributed by atoms with Crippen molar-refractivity contribution in [1.29, 1.82) is 0 Å². The Morgan fingerprint density at radius 2 is 1.68 bits per heavy atom. The van der Waals surface area contributed by atoms with E-state index >= 15 is 0 Å². The summed E-state index contributed by atoms with van der Waals surface area (Å²) in [6.07, 6.45) is 2.03. The van der Waals surface area contributed by atoms with Crippen molar-refractivity contribution in [2.24, 2.45) is 5.73 Å². The van der Waals surface area contributed by atoms with Crippen LogP contribution >= 0.6 is 0 Å². The molecule has 0 radical (unpaired) electrons. The molecule has 0 aliphatic heterocycles. The Hall–Kier alpha value is -1.60. The average molecular weight is 253 g/mol. The van der Waals surface area contributed by atoms with Gasteiger partial charge in [-0.1, -0.05) is 53.6 Å². The Kier molecular flexibility index (Phi) is 4.39. The van der Waals surface area contributed by atoms with Crippen molar-refractivity contribution in [2.45, 2.75) is 39.7 Å². The zero-order valence-electron chi connectivity index (χ0n) is 12.1. The lowest BCUT2D eigenvalue weighted by atomic mass is 9.95. The topological polar surface area (TPSA) is 26.0 Å². The van der Waals surface area contributed by atoms with E-state index in [0.29, 0.717) is 0 Å². The number of aryl methyl sites for hydroxylation is 4. The smallest absolute Gasteiger partial charge is 0.0300 e. The molecule has 0 aliphatic carbocycles. The molecule has 0 saturated heterocycles. The molecule has 1 atom stereocenters. The molecule has 0 saturated carbocycles. The molecule has 0 aromatic heterocycles. The highest BCUT2D eigenvalue weighted by atomic mass is 14.6. The fraction of sp³-hybridized carbons (Fsp3) is 0.333. The van der Waals surface area contributed by atoms with E-state index in [1.165, 1.54) is 27.8 Å². The van der Waals surface area contributed by atoms with Crippen LogP contribution in [0.5, 0.6) is 0 Å². The van der Waals surface area contributed by atoms with E-state index in [1.807, 2.05) is 0 Å². The number of nitrogens with two attached hydrogens (primary N) is 1. The molecule has 1 unspecified atom stereocenters. The van der Waals surface area contributed by atoms with Crippen molar-refractivity contribution in [3.05, 3.63) is 70.3 Å². The van der Waals surface area contributed by atoms with Crippen LogP contribution < -0.4 is 5.73 Å². The molecule has 1 heteroatoms. The van der Waals surface area contributed by atoms with Crippen molar-refractivity contribution in [3.8, 4) is 0 Å². The van der Waals surface area contributed by atoms with Gasteiger partial charge >= 0.3 is 0 Å². The third-order valence-electron chi connectivity index (χ3n) is 3.65. The van der Waals surface area contributed by atoms with Gasteiger partial charge in [0, 0.05) is 6.04 Å². The Morgan fingerprint density at radius 3 is 2.37 bits per heavy atom. The van der Waals surface area contributed by atoms with Crippen molar-refractivity contribution in [2.75, 3.05) is 0 Å². The van der Waals surface area contributed by atoms with Gasteiger partial charge in [-0.25, -0.2) is 0 Å². The Labute approximate surface area is 116 Å². The van der Waals surface area contributed by atoms with E-state index in [4.69, 9.17) is 5.73 Å². The quantitative estimate of drug-likeness (QED) is 0.866. The van der Waals surface area contributed by atoms with E-state index in [2.05, 4.69) is 63.2 Å². The first kappa shape index (κ1) is 13.8. The number of rotatable bonds is 4. The second kappa shape index (κ2) is 6.03. The van der Waals surface area contributed by atoms with Crippen molar-refractivity contribution < 1.29 is 0 Å². The Morgan fingerprint density at radius 1 is 0.947 bits per heavy atom. The molecule has 0 bridgehead atoms. The van der Waals surface area contributed by atoms with E-state index in [1.54, 1.807) is 0 Å². The van der Waals surface area contributed by atoms with Crippen LogP contribution in [0.2, 0.25) is 0 Å². The highest BCUT2D eigenvalue weighted by Gasteiger charge is 2.09. The molecule has 2 aromatic carbocycles. The van der Waals surface area contributed by atoms with Gasteiger partial charge in [-0.15, -0.1) is 0 Å². The maximum atomic E-state index is 6.33. The normalized spacial score (nSPS) is 12.4. The van der Waals surface area contributed by atoms with E-state index < -0.39 is 0 Å². The van der Waals surface area contributed by atoms with E-state index in [-0.39, 0.29) is 6.04 Å².